The molecule has 0 atom stereocenters. The van der Waals surface area contributed by atoms with Crippen molar-refractivity contribution in [1.82, 2.24) is 18.7 Å². The molecular weight excluding hydrogens is 256 g/mol. The van der Waals surface area contributed by atoms with Crippen molar-refractivity contribution in [3.8, 4) is 0 Å². The molecule has 2 heterocycles. The van der Waals surface area contributed by atoms with Crippen molar-refractivity contribution in [3.05, 3.63) is 63.1 Å². The summed E-state index contributed by atoms with van der Waals surface area (Å²) in [6, 6.07) is 9.42. The molecule has 6 nitrogen and oxygen atoms in total. The lowest BCUT2D eigenvalue weighted by Crippen LogP contribution is -2.39. The molecule has 0 N–H and O–H groups in total. The second-order valence-electron chi connectivity index (χ2n) is 4.75. The Morgan fingerprint density at radius 2 is 1.80 bits per heavy atom. The molecule has 0 spiro atoms. The number of nitrogens with zero attached hydrogens (tertiary/aromatic N) is 4. The minimum absolute atomic E-state index is 0.249. The van der Waals surface area contributed by atoms with E-state index >= 15 is 0 Å². The molecule has 0 bridgehead atoms. The van der Waals surface area contributed by atoms with Crippen LogP contribution < -0.4 is 11.2 Å². The highest BCUT2D eigenvalue weighted by atomic mass is 16.2. The van der Waals surface area contributed by atoms with Crippen molar-refractivity contribution in [2.24, 2.45) is 14.1 Å². The predicted molar refractivity (Wildman–Crippen MR) is 75.8 cm³/mol. The molecule has 0 aliphatic carbocycles. The van der Waals surface area contributed by atoms with Gasteiger partial charge in [0.25, 0.3) is 5.56 Å². The molecule has 102 valence electrons. The zero-order valence-electron chi connectivity index (χ0n) is 11.3. The molecule has 0 aliphatic rings. The summed E-state index contributed by atoms with van der Waals surface area (Å²) in [6.07, 6.45) is 1.54. The van der Waals surface area contributed by atoms with E-state index in [1.165, 1.54) is 9.13 Å². The van der Waals surface area contributed by atoms with Crippen LogP contribution in [0.2, 0.25) is 0 Å². The first-order valence-corrected chi connectivity index (χ1v) is 6.24. The lowest BCUT2D eigenvalue weighted by molar-refractivity contribution is 0.651. The summed E-state index contributed by atoms with van der Waals surface area (Å²) in [4.78, 5) is 28.8. The second kappa shape index (κ2) is 4.48. The Bertz CT molecular complexity index is 887. The third-order valence-corrected chi connectivity index (χ3v) is 3.37. The fourth-order valence-corrected chi connectivity index (χ4v) is 2.36. The van der Waals surface area contributed by atoms with Crippen LogP contribution in [-0.2, 0) is 20.6 Å². The molecule has 20 heavy (non-hydrogen) atoms. The third kappa shape index (κ3) is 1.77. The summed E-state index contributed by atoms with van der Waals surface area (Å²) >= 11 is 0. The van der Waals surface area contributed by atoms with E-state index < -0.39 is 0 Å². The zero-order chi connectivity index (χ0) is 14.3. The minimum atomic E-state index is -0.354. The molecule has 0 saturated carbocycles. The summed E-state index contributed by atoms with van der Waals surface area (Å²) in [5.41, 5.74) is 1.05. The summed E-state index contributed by atoms with van der Waals surface area (Å²) in [5, 5.41) is 0. The second-order valence-corrected chi connectivity index (χ2v) is 4.75. The summed E-state index contributed by atoms with van der Waals surface area (Å²) in [5.74, 6) is 0. The van der Waals surface area contributed by atoms with Gasteiger partial charge in [-0.25, -0.2) is 9.78 Å². The van der Waals surface area contributed by atoms with Crippen LogP contribution in [0, 0.1) is 0 Å². The van der Waals surface area contributed by atoms with Gasteiger partial charge in [-0.2, -0.15) is 0 Å². The highest BCUT2D eigenvalue weighted by molar-refractivity contribution is 5.69. The van der Waals surface area contributed by atoms with E-state index in [1.54, 1.807) is 25.0 Å². The van der Waals surface area contributed by atoms with Gasteiger partial charge in [0.2, 0.25) is 0 Å². The number of aromatic nitrogens is 4. The lowest BCUT2D eigenvalue weighted by atomic mass is 10.2. The Morgan fingerprint density at radius 3 is 2.50 bits per heavy atom. The van der Waals surface area contributed by atoms with Crippen LogP contribution in [0.25, 0.3) is 11.2 Å². The first-order chi connectivity index (χ1) is 9.59. The zero-order valence-corrected chi connectivity index (χ0v) is 11.3. The molecule has 3 aromatic rings. The van der Waals surface area contributed by atoms with E-state index in [-0.39, 0.29) is 17.8 Å². The molecule has 0 saturated heterocycles. The number of benzene rings is 1. The van der Waals surface area contributed by atoms with Gasteiger partial charge >= 0.3 is 5.69 Å². The van der Waals surface area contributed by atoms with Crippen molar-refractivity contribution in [2.45, 2.75) is 6.54 Å². The Hall–Kier alpha value is -2.63. The van der Waals surface area contributed by atoms with E-state index in [1.807, 2.05) is 30.3 Å². The van der Waals surface area contributed by atoms with Crippen molar-refractivity contribution >= 4 is 11.2 Å². The molecule has 0 unspecified atom stereocenters. The maximum atomic E-state index is 12.4. The average Bonchev–Trinajstić information content (AvgIpc) is 2.84. The molecule has 0 radical (unpaired) electrons. The molecule has 0 aliphatic heterocycles. The monoisotopic (exact) mass is 270 g/mol. The normalized spacial score (nSPS) is 11.1. The van der Waals surface area contributed by atoms with Crippen LogP contribution in [0.15, 0.2) is 46.2 Å². The van der Waals surface area contributed by atoms with E-state index in [0.29, 0.717) is 11.2 Å². The highest BCUT2D eigenvalue weighted by Crippen LogP contribution is 2.04. The number of fused-ring (bicyclic) bond motifs is 1. The largest absolute Gasteiger partial charge is 0.332 e. The molecule has 2 aromatic heterocycles. The van der Waals surface area contributed by atoms with Crippen LogP contribution in [0.1, 0.15) is 5.56 Å². The Balaban J connectivity index is 2.27. The number of hydrogen-bond acceptors (Lipinski definition) is 3. The van der Waals surface area contributed by atoms with Crippen LogP contribution in [0.3, 0.4) is 0 Å². The maximum absolute atomic E-state index is 12.4. The number of aryl methyl sites for hydroxylation is 2. The SMILES string of the molecule is Cn1cnc2c(=O)n(Cc3ccccc3)c(=O)n(C)c21. The highest BCUT2D eigenvalue weighted by Gasteiger charge is 2.14. The first kappa shape index (κ1) is 12.4. The van der Waals surface area contributed by atoms with Crippen molar-refractivity contribution in [3.63, 3.8) is 0 Å². The van der Waals surface area contributed by atoms with Crippen molar-refractivity contribution in [1.29, 1.82) is 0 Å². The maximum Gasteiger partial charge on any atom is 0.332 e. The Labute approximate surface area is 114 Å². The van der Waals surface area contributed by atoms with Gasteiger partial charge in [0, 0.05) is 14.1 Å². The van der Waals surface area contributed by atoms with Gasteiger partial charge in [-0.05, 0) is 5.56 Å². The summed E-state index contributed by atoms with van der Waals surface area (Å²) in [6.45, 7) is 0.249. The molecular formula is C14H14N4O2. The van der Waals surface area contributed by atoms with Crippen LogP contribution in [-0.4, -0.2) is 18.7 Å². The smallest absolute Gasteiger partial charge is 0.320 e. The first-order valence-electron chi connectivity index (χ1n) is 6.24. The summed E-state index contributed by atoms with van der Waals surface area (Å²) < 4.78 is 4.34. The average molecular weight is 270 g/mol. The van der Waals surface area contributed by atoms with E-state index in [9.17, 15) is 9.59 Å². The Kier molecular flexibility index (Phi) is 2.78. The van der Waals surface area contributed by atoms with Crippen LogP contribution >= 0.6 is 0 Å². The molecule has 6 heteroatoms. The standard InChI is InChI=1S/C14H14N4O2/c1-16-9-15-11-12(16)17(2)14(20)18(13(11)19)8-10-6-4-3-5-7-10/h3-7,9H,8H2,1-2H3. The van der Waals surface area contributed by atoms with Crippen molar-refractivity contribution < 1.29 is 0 Å². The number of hydrogen-bond donors (Lipinski definition) is 0. The molecule has 0 fully saturated rings. The van der Waals surface area contributed by atoms with Gasteiger partial charge in [-0.15, -0.1) is 0 Å². The topological polar surface area (TPSA) is 61.8 Å². The van der Waals surface area contributed by atoms with Gasteiger partial charge in [0.15, 0.2) is 5.52 Å². The number of imidazole rings is 1. The predicted octanol–water partition coefficient (Wildman–Crippen LogP) is 0.482. The van der Waals surface area contributed by atoms with Gasteiger partial charge in [0.1, 0.15) is 5.65 Å². The molecule has 1 aromatic carbocycles. The van der Waals surface area contributed by atoms with E-state index in [2.05, 4.69) is 4.98 Å². The lowest BCUT2D eigenvalue weighted by Gasteiger charge is -2.09. The van der Waals surface area contributed by atoms with Gasteiger partial charge in [0.05, 0.1) is 12.9 Å². The van der Waals surface area contributed by atoms with E-state index in [4.69, 9.17) is 0 Å². The molecule has 0 amide bonds. The quantitative estimate of drug-likeness (QED) is 0.680. The number of rotatable bonds is 2. The minimum Gasteiger partial charge on any atom is -0.320 e. The van der Waals surface area contributed by atoms with E-state index in [0.717, 1.165) is 5.56 Å². The van der Waals surface area contributed by atoms with Gasteiger partial charge in [-0.1, -0.05) is 30.3 Å². The fraction of sp³-hybridized carbons (Fsp3) is 0.214. The Morgan fingerprint density at radius 1 is 1.10 bits per heavy atom. The van der Waals surface area contributed by atoms with Crippen molar-refractivity contribution in [2.75, 3.05) is 0 Å². The summed E-state index contributed by atoms with van der Waals surface area (Å²) in [7, 11) is 3.41. The van der Waals surface area contributed by atoms with Gasteiger partial charge in [-0.3, -0.25) is 13.9 Å². The van der Waals surface area contributed by atoms with Gasteiger partial charge < -0.3 is 4.57 Å². The third-order valence-electron chi connectivity index (χ3n) is 3.37. The van der Waals surface area contributed by atoms with Crippen LogP contribution in [0.5, 0.6) is 0 Å². The molecule has 3 rings (SSSR count). The van der Waals surface area contributed by atoms with Crippen LogP contribution in [0.4, 0.5) is 0 Å². The fourth-order valence-electron chi connectivity index (χ4n) is 2.36.